The highest BCUT2D eigenvalue weighted by molar-refractivity contribution is 7.80. The van der Waals surface area contributed by atoms with Crippen molar-refractivity contribution in [2.24, 2.45) is 0 Å². The second-order valence-electron chi connectivity index (χ2n) is 2.86. The zero-order valence-electron chi connectivity index (χ0n) is 6.69. The second kappa shape index (κ2) is 4.18. The summed E-state index contributed by atoms with van der Waals surface area (Å²) in [5, 5.41) is 3.09. The monoisotopic (exact) mass is 195 g/mol. The summed E-state index contributed by atoms with van der Waals surface area (Å²) in [4.78, 5) is 0. The summed E-state index contributed by atoms with van der Waals surface area (Å²) < 4.78 is 32.9. The molecule has 0 amide bonds. The molecule has 12 heavy (non-hydrogen) atoms. The van der Waals surface area contributed by atoms with Crippen LogP contribution in [0.2, 0.25) is 0 Å². The van der Waals surface area contributed by atoms with Crippen LogP contribution in [0.4, 0.5) is 0 Å². The Hall–Kier alpha value is -0.170. The minimum Gasteiger partial charge on any atom is -0.312 e. The Morgan fingerprint density at radius 1 is 1.50 bits per heavy atom. The minimum absolute atomic E-state index is 0.0266. The molecule has 0 aliphatic carbocycles. The molecule has 0 saturated carbocycles. The number of piperidine rings is 1. The zero-order valence-corrected chi connectivity index (χ0v) is 7.51. The van der Waals surface area contributed by atoms with Crippen LogP contribution in [0.3, 0.4) is 0 Å². The van der Waals surface area contributed by atoms with Gasteiger partial charge in [0, 0.05) is 6.04 Å². The van der Waals surface area contributed by atoms with Gasteiger partial charge >= 0.3 is 10.4 Å². The van der Waals surface area contributed by atoms with Crippen LogP contribution in [0, 0.1) is 0 Å². The molecule has 1 fully saturated rings. The molecule has 6 heteroatoms. The van der Waals surface area contributed by atoms with Gasteiger partial charge in [0.05, 0.1) is 6.61 Å². The summed E-state index contributed by atoms with van der Waals surface area (Å²) in [5.74, 6) is 0. The number of rotatable bonds is 3. The maximum atomic E-state index is 10.2. The Balaban J connectivity index is 2.22. The second-order valence-corrected chi connectivity index (χ2v) is 3.95. The van der Waals surface area contributed by atoms with E-state index in [1.165, 1.54) is 0 Å². The van der Waals surface area contributed by atoms with Gasteiger partial charge in [0.1, 0.15) is 0 Å². The average Bonchev–Trinajstić information content (AvgIpc) is 2.02. The molecule has 1 saturated heterocycles. The minimum atomic E-state index is -4.26. The molecule has 0 aromatic rings. The maximum absolute atomic E-state index is 10.2. The predicted molar refractivity (Wildman–Crippen MR) is 43.1 cm³/mol. The lowest BCUT2D eigenvalue weighted by Crippen LogP contribution is -2.38. The summed E-state index contributed by atoms with van der Waals surface area (Å²) in [7, 11) is -4.26. The summed E-state index contributed by atoms with van der Waals surface area (Å²) in [6, 6.07) is 0.0562. The van der Waals surface area contributed by atoms with E-state index in [0.717, 1.165) is 25.8 Å². The van der Waals surface area contributed by atoms with Crippen LogP contribution in [-0.2, 0) is 14.6 Å². The van der Waals surface area contributed by atoms with Gasteiger partial charge in [-0.2, -0.15) is 8.42 Å². The fourth-order valence-corrected chi connectivity index (χ4v) is 1.57. The molecular formula is C6H13NO4S. The van der Waals surface area contributed by atoms with Crippen LogP contribution in [0.5, 0.6) is 0 Å². The number of hydrogen-bond acceptors (Lipinski definition) is 4. The fraction of sp³-hybridized carbons (Fsp3) is 1.00. The summed E-state index contributed by atoms with van der Waals surface area (Å²) in [6.45, 7) is 0.915. The lowest BCUT2D eigenvalue weighted by molar-refractivity contribution is 0.217. The molecule has 0 aromatic heterocycles. The van der Waals surface area contributed by atoms with E-state index in [9.17, 15) is 8.42 Å². The van der Waals surface area contributed by atoms with Crippen LogP contribution in [0.1, 0.15) is 19.3 Å². The first-order chi connectivity index (χ1) is 5.58. The zero-order chi connectivity index (χ0) is 9.03. The standard InChI is InChI=1S/C6H13NO4S/c8-12(9,10)11-5-6-3-1-2-4-7-6/h6-7H,1-5H2,(H,8,9,10). The predicted octanol–water partition coefficient (Wildman–Crippen LogP) is -0.0521. The quantitative estimate of drug-likeness (QED) is 0.617. The number of hydrogen-bond donors (Lipinski definition) is 2. The fourth-order valence-electron chi connectivity index (χ4n) is 1.23. The van der Waals surface area contributed by atoms with Crippen molar-refractivity contribution in [1.82, 2.24) is 5.32 Å². The van der Waals surface area contributed by atoms with E-state index in [4.69, 9.17) is 4.55 Å². The van der Waals surface area contributed by atoms with Gasteiger partial charge in [-0.05, 0) is 19.4 Å². The Kier molecular flexibility index (Phi) is 3.45. The van der Waals surface area contributed by atoms with Crippen molar-refractivity contribution in [2.45, 2.75) is 25.3 Å². The SMILES string of the molecule is O=S(=O)(O)OCC1CCCCN1. The first-order valence-electron chi connectivity index (χ1n) is 3.93. The third kappa shape index (κ3) is 4.01. The van der Waals surface area contributed by atoms with Gasteiger partial charge < -0.3 is 5.32 Å². The summed E-state index contributed by atoms with van der Waals surface area (Å²) in [6.07, 6.45) is 3.09. The highest BCUT2D eigenvalue weighted by atomic mass is 32.3. The molecule has 0 radical (unpaired) electrons. The molecule has 1 heterocycles. The van der Waals surface area contributed by atoms with Crippen molar-refractivity contribution in [3.05, 3.63) is 0 Å². The van der Waals surface area contributed by atoms with E-state index >= 15 is 0 Å². The molecule has 0 aromatic carbocycles. The molecule has 1 atom stereocenters. The van der Waals surface area contributed by atoms with Crippen molar-refractivity contribution in [2.75, 3.05) is 13.2 Å². The number of nitrogens with one attached hydrogen (secondary N) is 1. The molecule has 0 spiro atoms. The Morgan fingerprint density at radius 2 is 2.25 bits per heavy atom. The molecule has 72 valence electrons. The Morgan fingerprint density at radius 3 is 2.75 bits per heavy atom. The van der Waals surface area contributed by atoms with Gasteiger partial charge in [0.2, 0.25) is 0 Å². The lowest BCUT2D eigenvalue weighted by atomic mass is 10.1. The van der Waals surface area contributed by atoms with Crippen molar-refractivity contribution < 1.29 is 17.2 Å². The van der Waals surface area contributed by atoms with Crippen LogP contribution < -0.4 is 5.32 Å². The van der Waals surface area contributed by atoms with E-state index in [1.807, 2.05) is 0 Å². The Bertz CT molecular complexity index is 220. The van der Waals surface area contributed by atoms with Crippen molar-refractivity contribution in [3.63, 3.8) is 0 Å². The largest absolute Gasteiger partial charge is 0.397 e. The van der Waals surface area contributed by atoms with E-state index in [2.05, 4.69) is 9.50 Å². The van der Waals surface area contributed by atoms with Crippen molar-refractivity contribution in [3.8, 4) is 0 Å². The molecule has 1 rings (SSSR count). The molecule has 2 N–H and O–H groups in total. The third-order valence-corrected chi connectivity index (χ3v) is 2.26. The van der Waals surface area contributed by atoms with Gasteiger partial charge in [-0.25, -0.2) is 4.18 Å². The average molecular weight is 195 g/mol. The molecule has 1 aliphatic rings. The van der Waals surface area contributed by atoms with Crippen molar-refractivity contribution >= 4 is 10.4 Å². The first-order valence-corrected chi connectivity index (χ1v) is 5.30. The highest BCUT2D eigenvalue weighted by Gasteiger charge is 2.15. The van der Waals surface area contributed by atoms with Gasteiger partial charge in [0.25, 0.3) is 0 Å². The van der Waals surface area contributed by atoms with Gasteiger partial charge in [-0.3, -0.25) is 4.55 Å². The molecule has 5 nitrogen and oxygen atoms in total. The van der Waals surface area contributed by atoms with Crippen LogP contribution >= 0.6 is 0 Å². The normalized spacial score (nSPS) is 25.6. The molecule has 1 aliphatic heterocycles. The van der Waals surface area contributed by atoms with Gasteiger partial charge in [-0.1, -0.05) is 6.42 Å². The van der Waals surface area contributed by atoms with E-state index in [0.29, 0.717) is 0 Å². The van der Waals surface area contributed by atoms with E-state index in [-0.39, 0.29) is 12.6 Å². The first kappa shape index (κ1) is 9.91. The topological polar surface area (TPSA) is 75.6 Å². The Labute approximate surface area is 72.1 Å². The van der Waals surface area contributed by atoms with E-state index in [1.54, 1.807) is 0 Å². The third-order valence-electron chi connectivity index (χ3n) is 1.83. The van der Waals surface area contributed by atoms with Crippen LogP contribution in [0.25, 0.3) is 0 Å². The molecular weight excluding hydrogens is 182 g/mol. The van der Waals surface area contributed by atoms with Gasteiger partial charge in [0.15, 0.2) is 0 Å². The molecule has 0 bridgehead atoms. The summed E-state index contributed by atoms with van der Waals surface area (Å²) >= 11 is 0. The van der Waals surface area contributed by atoms with Crippen LogP contribution in [0.15, 0.2) is 0 Å². The molecule has 1 unspecified atom stereocenters. The smallest absolute Gasteiger partial charge is 0.312 e. The van der Waals surface area contributed by atoms with E-state index < -0.39 is 10.4 Å². The van der Waals surface area contributed by atoms with Crippen molar-refractivity contribution in [1.29, 1.82) is 0 Å². The highest BCUT2D eigenvalue weighted by Crippen LogP contribution is 2.07. The van der Waals surface area contributed by atoms with Gasteiger partial charge in [-0.15, -0.1) is 0 Å². The van der Waals surface area contributed by atoms with Crippen LogP contribution in [-0.4, -0.2) is 32.2 Å². The lowest BCUT2D eigenvalue weighted by Gasteiger charge is -2.22. The summed E-state index contributed by atoms with van der Waals surface area (Å²) in [5.41, 5.74) is 0. The maximum Gasteiger partial charge on any atom is 0.397 e.